The van der Waals surface area contributed by atoms with E-state index in [0.717, 1.165) is 11.6 Å². The molecule has 0 fully saturated rings. The Kier molecular flexibility index (Phi) is 6.83. The highest BCUT2D eigenvalue weighted by Gasteiger charge is 2.38. The van der Waals surface area contributed by atoms with E-state index in [1.54, 1.807) is 24.3 Å². The molecule has 0 radical (unpaired) electrons. The molecule has 0 spiro atoms. The van der Waals surface area contributed by atoms with Crippen molar-refractivity contribution in [2.75, 3.05) is 6.61 Å². The lowest BCUT2D eigenvalue weighted by Gasteiger charge is -2.15. The van der Waals surface area contributed by atoms with E-state index in [-0.39, 0.29) is 6.61 Å². The Labute approximate surface area is 136 Å². The van der Waals surface area contributed by atoms with Gasteiger partial charge in [0.25, 0.3) is 0 Å². The van der Waals surface area contributed by atoms with Crippen LogP contribution in [-0.4, -0.2) is 37.4 Å². The highest BCUT2D eigenvalue weighted by molar-refractivity contribution is 6.76. The Morgan fingerprint density at radius 1 is 1.26 bits per heavy atom. The Morgan fingerprint density at radius 2 is 1.87 bits per heavy atom. The average molecular weight is 335 g/mol. The van der Waals surface area contributed by atoms with Crippen molar-refractivity contribution in [2.24, 2.45) is 0 Å². The number of rotatable bonds is 8. The molecule has 1 aromatic carbocycles. The van der Waals surface area contributed by atoms with Crippen LogP contribution >= 0.6 is 0 Å². The summed E-state index contributed by atoms with van der Waals surface area (Å²) < 4.78 is 4.91. The highest BCUT2D eigenvalue weighted by Crippen LogP contribution is 2.09. The third-order valence-electron chi connectivity index (χ3n) is 3.04. The second-order valence-corrected chi connectivity index (χ2v) is 11.9. The van der Waals surface area contributed by atoms with Gasteiger partial charge in [-0.05, 0) is 17.7 Å². The third kappa shape index (κ3) is 7.01. The average Bonchev–Trinajstić information content (AvgIpc) is 2.44. The summed E-state index contributed by atoms with van der Waals surface area (Å²) in [6.45, 7) is 6.40. The summed E-state index contributed by atoms with van der Waals surface area (Å²) in [4.78, 5) is 33.9. The van der Waals surface area contributed by atoms with Crippen molar-refractivity contribution < 1.29 is 19.2 Å². The molecular formula is C16H21NO5Si. The number of carbonyl (C=O) groups is 2. The molecule has 1 atom stereocenters. The van der Waals surface area contributed by atoms with Crippen molar-refractivity contribution in [3.8, 4) is 0 Å². The molecule has 0 aliphatic carbocycles. The lowest BCUT2D eigenvalue weighted by atomic mass is 10.1. The maximum absolute atomic E-state index is 11.9. The van der Waals surface area contributed by atoms with Crippen molar-refractivity contribution in [2.45, 2.75) is 31.7 Å². The van der Waals surface area contributed by atoms with Gasteiger partial charge in [0.05, 0.1) is 6.61 Å². The van der Waals surface area contributed by atoms with Crippen LogP contribution in [0, 0.1) is 10.1 Å². The normalized spacial score (nSPS) is 12.8. The van der Waals surface area contributed by atoms with Crippen molar-refractivity contribution in [1.29, 1.82) is 0 Å². The standard InChI is InChI=1S/C16H21NO5Si/c1-23(2,3)12-11-22-16(19)15(17(20)21)14(18)10-9-13-7-5-4-6-8-13/h4-10,15H,11-12H2,1-3H3. The number of ether oxygens (including phenoxy) is 1. The minimum Gasteiger partial charge on any atom is -0.461 e. The first kappa shape index (κ1) is 18.8. The molecule has 1 aromatic rings. The van der Waals surface area contributed by atoms with Crippen molar-refractivity contribution in [1.82, 2.24) is 0 Å². The number of nitrogens with zero attached hydrogens (tertiary/aromatic N) is 1. The van der Waals surface area contributed by atoms with Gasteiger partial charge in [-0.1, -0.05) is 56.0 Å². The number of benzene rings is 1. The molecule has 0 N–H and O–H groups in total. The van der Waals surface area contributed by atoms with Crippen LogP contribution in [-0.2, 0) is 14.3 Å². The van der Waals surface area contributed by atoms with Gasteiger partial charge in [-0.25, -0.2) is 4.79 Å². The smallest absolute Gasteiger partial charge is 0.390 e. The number of nitro groups is 1. The highest BCUT2D eigenvalue weighted by atomic mass is 28.3. The molecule has 23 heavy (non-hydrogen) atoms. The number of esters is 1. The topological polar surface area (TPSA) is 86.5 Å². The molecule has 7 heteroatoms. The van der Waals surface area contributed by atoms with Crippen LogP contribution in [0.5, 0.6) is 0 Å². The van der Waals surface area contributed by atoms with Gasteiger partial charge in [-0.3, -0.25) is 14.9 Å². The van der Waals surface area contributed by atoms with Gasteiger partial charge in [0.1, 0.15) is 0 Å². The van der Waals surface area contributed by atoms with Crippen LogP contribution in [0.15, 0.2) is 36.4 Å². The van der Waals surface area contributed by atoms with Crippen LogP contribution < -0.4 is 0 Å². The summed E-state index contributed by atoms with van der Waals surface area (Å²) >= 11 is 0. The molecule has 0 bridgehead atoms. The van der Waals surface area contributed by atoms with E-state index in [1.807, 2.05) is 6.07 Å². The van der Waals surface area contributed by atoms with E-state index in [2.05, 4.69) is 19.6 Å². The zero-order chi connectivity index (χ0) is 17.5. The van der Waals surface area contributed by atoms with Crippen LogP contribution in [0.2, 0.25) is 25.7 Å². The lowest BCUT2D eigenvalue weighted by Crippen LogP contribution is -2.38. The summed E-state index contributed by atoms with van der Waals surface area (Å²) in [5, 5.41) is 11.0. The van der Waals surface area contributed by atoms with Crippen molar-refractivity contribution in [3.63, 3.8) is 0 Å². The summed E-state index contributed by atoms with van der Waals surface area (Å²) in [5.74, 6) is -1.99. The minimum absolute atomic E-state index is 0.106. The first-order valence-corrected chi connectivity index (χ1v) is 11.0. The molecule has 6 nitrogen and oxygen atoms in total. The Bertz CT molecular complexity index is 592. The van der Waals surface area contributed by atoms with Gasteiger partial charge >= 0.3 is 12.0 Å². The second kappa shape index (κ2) is 8.38. The maximum atomic E-state index is 11.9. The predicted octanol–water partition coefficient (Wildman–Crippen LogP) is 2.80. The zero-order valence-corrected chi connectivity index (χ0v) is 14.5. The van der Waals surface area contributed by atoms with Crippen LogP contribution in [0.1, 0.15) is 5.56 Å². The molecule has 0 aliphatic rings. The third-order valence-corrected chi connectivity index (χ3v) is 4.74. The van der Waals surface area contributed by atoms with Crippen LogP contribution in [0.3, 0.4) is 0 Å². The Morgan fingerprint density at radius 3 is 2.39 bits per heavy atom. The van der Waals surface area contributed by atoms with Gasteiger partial charge in [-0.2, -0.15) is 0 Å². The monoisotopic (exact) mass is 335 g/mol. The van der Waals surface area contributed by atoms with E-state index >= 15 is 0 Å². The van der Waals surface area contributed by atoms with Gasteiger partial charge in [0, 0.05) is 13.0 Å². The Balaban J connectivity index is 2.70. The summed E-state index contributed by atoms with van der Waals surface area (Å²) in [5.41, 5.74) is 0.718. The van der Waals surface area contributed by atoms with E-state index in [4.69, 9.17) is 4.74 Å². The number of hydrogen-bond donors (Lipinski definition) is 0. The van der Waals surface area contributed by atoms with E-state index in [9.17, 15) is 19.7 Å². The summed E-state index contributed by atoms with van der Waals surface area (Å²) in [6, 6.07) is 7.55. The zero-order valence-electron chi connectivity index (χ0n) is 13.5. The quantitative estimate of drug-likeness (QED) is 0.182. The first-order valence-electron chi connectivity index (χ1n) is 7.28. The lowest BCUT2D eigenvalue weighted by molar-refractivity contribution is -0.495. The van der Waals surface area contributed by atoms with Gasteiger partial charge < -0.3 is 4.74 Å². The molecule has 124 valence electrons. The molecule has 0 aromatic heterocycles. The number of ketones is 1. The van der Waals surface area contributed by atoms with Crippen LogP contribution in [0.4, 0.5) is 0 Å². The SMILES string of the molecule is C[Si](C)(C)CCOC(=O)C(C(=O)C=Cc1ccccc1)[N+](=O)[O-]. The van der Waals surface area contributed by atoms with E-state index in [0.29, 0.717) is 6.04 Å². The first-order chi connectivity index (χ1) is 10.7. The molecular weight excluding hydrogens is 314 g/mol. The van der Waals surface area contributed by atoms with E-state index in [1.165, 1.54) is 6.08 Å². The summed E-state index contributed by atoms with van der Waals surface area (Å²) in [6.07, 6.45) is 2.48. The predicted molar refractivity (Wildman–Crippen MR) is 90.4 cm³/mol. The Hall–Kier alpha value is -2.28. The maximum Gasteiger partial charge on any atom is 0.390 e. The fourth-order valence-electron chi connectivity index (χ4n) is 1.68. The molecule has 0 saturated heterocycles. The van der Waals surface area contributed by atoms with Gasteiger partial charge in [-0.15, -0.1) is 0 Å². The molecule has 0 saturated carbocycles. The molecule has 0 heterocycles. The molecule has 0 amide bonds. The van der Waals surface area contributed by atoms with E-state index < -0.39 is 30.8 Å². The number of carbonyl (C=O) groups excluding carboxylic acids is 2. The summed E-state index contributed by atoms with van der Waals surface area (Å²) in [7, 11) is -1.42. The molecule has 1 unspecified atom stereocenters. The van der Waals surface area contributed by atoms with Crippen molar-refractivity contribution in [3.05, 3.63) is 52.1 Å². The number of hydrogen-bond acceptors (Lipinski definition) is 5. The molecule has 1 rings (SSSR count). The fourth-order valence-corrected chi connectivity index (χ4v) is 2.39. The largest absolute Gasteiger partial charge is 0.461 e. The minimum atomic E-state index is -2.00. The van der Waals surface area contributed by atoms with Crippen LogP contribution in [0.25, 0.3) is 6.08 Å². The van der Waals surface area contributed by atoms with Gasteiger partial charge in [0.2, 0.25) is 5.78 Å². The van der Waals surface area contributed by atoms with Crippen molar-refractivity contribution >= 4 is 25.9 Å². The second-order valence-electron chi connectivity index (χ2n) is 6.31. The fraction of sp³-hybridized carbons (Fsp3) is 0.375. The van der Waals surface area contributed by atoms with Gasteiger partial charge in [0.15, 0.2) is 0 Å². The molecule has 0 aliphatic heterocycles.